The minimum atomic E-state index is -0.775. The predicted octanol–water partition coefficient (Wildman–Crippen LogP) is 6.20. The zero-order chi connectivity index (χ0) is 30.0. The maximum Gasteiger partial charge on any atom is 0.431 e. The zero-order valence-corrected chi connectivity index (χ0v) is 25.5. The number of nitrogens with one attached hydrogen (secondary N) is 1. The Hall–Kier alpha value is -2.25. The van der Waals surface area contributed by atoms with Gasteiger partial charge in [-0.25, -0.2) is 4.79 Å². The number of carbonyl (C=O) groups excluding carboxylic acids is 2. The lowest BCUT2D eigenvalue weighted by molar-refractivity contribution is -0.385. The highest BCUT2D eigenvalue weighted by Gasteiger charge is 2.19. The van der Waals surface area contributed by atoms with Crippen LogP contribution in [0.15, 0.2) is 24.3 Å². The summed E-state index contributed by atoms with van der Waals surface area (Å²) < 4.78 is 21.5. The molecule has 234 valence electrons. The second-order valence-electron chi connectivity index (χ2n) is 9.63. The maximum absolute atomic E-state index is 11.7. The summed E-state index contributed by atoms with van der Waals surface area (Å²) in [6.07, 6.45) is 10.2. The number of nitrogens with zero attached hydrogens (tertiary/aromatic N) is 1. The predicted molar refractivity (Wildman–Crippen MR) is 159 cm³/mol. The lowest BCUT2D eigenvalue weighted by Crippen LogP contribution is -2.27. The first-order chi connectivity index (χ1) is 19.9. The van der Waals surface area contributed by atoms with Gasteiger partial charge in [-0.3, -0.25) is 19.7 Å². The molecule has 0 aliphatic heterocycles. The highest BCUT2D eigenvalue weighted by atomic mass is 32.2. The summed E-state index contributed by atoms with van der Waals surface area (Å²) in [6, 6.07) is 6.36. The summed E-state index contributed by atoms with van der Waals surface area (Å²) >= 11 is 1.43. The van der Waals surface area contributed by atoms with Crippen LogP contribution >= 0.6 is 11.8 Å². The molecule has 0 heterocycles. The summed E-state index contributed by atoms with van der Waals surface area (Å²) in [5.41, 5.74) is 2.65. The fraction of sp³-hybridized carbons (Fsp3) is 0.724. The molecule has 0 saturated heterocycles. The van der Waals surface area contributed by atoms with Crippen LogP contribution in [0.1, 0.15) is 83.1 Å². The number of rotatable bonds is 26. The zero-order valence-electron chi connectivity index (χ0n) is 24.6. The molecule has 1 atom stereocenters. The second-order valence-corrected chi connectivity index (χ2v) is 10.9. The maximum atomic E-state index is 11.7. The number of para-hydroxylation sites is 1. The van der Waals surface area contributed by atoms with Gasteiger partial charge < -0.3 is 18.9 Å². The average Bonchev–Trinajstić information content (AvgIpc) is 2.96. The van der Waals surface area contributed by atoms with E-state index in [1.54, 1.807) is 32.0 Å². The molecule has 0 radical (unpaired) electrons. The van der Waals surface area contributed by atoms with Crippen LogP contribution in [-0.4, -0.2) is 74.7 Å². The summed E-state index contributed by atoms with van der Waals surface area (Å²) in [5, 5.41) is 11.3. The van der Waals surface area contributed by atoms with E-state index in [1.807, 2.05) is 0 Å². The van der Waals surface area contributed by atoms with E-state index < -0.39 is 11.0 Å². The van der Waals surface area contributed by atoms with E-state index in [2.05, 4.69) is 5.48 Å². The van der Waals surface area contributed by atoms with Crippen LogP contribution in [0.4, 0.5) is 10.5 Å². The van der Waals surface area contributed by atoms with Gasteiger partial charge in [0.15, 0.2) is 5.12 Å². The molecule has 0 saturated carbocycles. The van der Waals surface area contributed by atoms with Crippen LogP contribution < -0.4 is 5.48 Å². The van der Waals surface area contributed by atoms with Gasteiger partial charge in [-0.15, -0.1) is 0 Å². The number of benzene rings is 1. The highest BCUT2D eigenvalue weighted by molar-refractivity contribution is 8.13. The van der Waals surface area contributed by atoms with Crippen molar-refractivity contribution >= 4 is 28.7 Å². The quantitative estimate of drug-likeness (QED) is 0.0744. The second kappa shape index (κ2) is 25.5. The van der Waals surface area contributed by atoms with Gasteiger partial charge in [0.25, 0.3) is 5.69 Å². The van der Waals surface area contributed by atoms with Crippen LogP contribution in [0.2, 0.25) is 0 Å². The largest absolute Gasteiger partial charge is 0.447 e. The number of hydroxylamine groups is 1. The Kier molecular flexibility index (Phi) is 22.8. The van der Waals surface area contributed by atoms with Gasteiger partial charge in [0.2, 0.25) is 0 Å². The van der Waals surface area contributed by atoms with E-state index in [9.17, 15) is 19.7 Å². The van der Waals surface area contributed by atoms with Gasteiger partial charge in [0.1, 0.15) is 6.61 Å². The number of hydrogen-bond acceptors (Lipinski definition) is 10. The Bertz CT molecular complexity index is 844. The topological polar surface area (TPSA) is 135 Å². The summed E-state index contributed by atoms with van der Waals surface area (Å²) in [7, 11) is 0. The molecule has 0 spiro atoms. The van der Waals surface area contributed by atoms with Crippen molar-refractivity contribution in [1.82, 2.24) is 5.48 Å². The molecule has 1 rings (SSSR count). The molecule has 0 aromatic heterocycles. The molecule has 41 heavy (non-hydrogen) atoms. The SMILES string of the molecule is CC(=O)SCCCCCCCCCCCOCCOCCOCCONC(=O)OCC(C)c1ccccc1[N+](=O)[O-]. The van der Waals surface area contributed by atoms with Crippen molar-refractivity contribution in [2.24, 2.45) is 0 Å². The minimum Gasteiger partial charge on any atom is -0.447 e. The molecular weight excluding hydrogens is 552 g/mol. The number of unbranched alkanes of at least 4 members (excludes halogenated alkanes) is 8. The molecule has 1 amide bonds. The Morgan fingerprint density at radius 2 is 1.37 bits per heavy atom. The number of hydrogen-bond donors (Lipinski definition) is 1. The third kappa shape index (κ3) is 21.2. The number of nitro groups is 1. The van der Waals surface area contributed by atoms with Gasteiger partial charge in [0.05, 0.1) is 44.6 Å². The fourth-order valence-electron chi connectivity index (χ4n) is 3.90. The molecule has 12 heteroatoms. The molecule has 1 aromatic rings. The van der Waals surface area contributed by atoms with E-state index in [0.29, 0.717) is 32.0 Å². The van der Waals surface area contributed by atoms with Gasteiger partial charge in [0, 0.05) is 36.8 Å². The number of ether oxygens (including phenoxy) is 4. The number of nitro benzene ring substituents is 1. The lowest BCUT2D eigenvalue weighted by Gasteiger charge is -2.13. The molecule has 0 fully saturated rings. The fourth-order valence-corrected chi connectivity index (χ4v) is 4.54. The third-order valence-corrected chi connectivity index (χ3v) is 7.00. The monoisotopic (exact) mass is 600 g/mol. The Labute approximate surface area is 248 Å². The van der Waals surface area contributed by atoms with Crippen molar-refractivity contribution in [1.29, 1.82) is 0 Å². The van der Waals surface area contributed by atoms with Gasteiger partial charge in [-0.2, -0.15) is 5.48 Å². The molecule has 0 aliphatic rings. The van der Waals surface area contributed by atoms with Crippen molar-refractivity contribution in [3.8, 4) is 0 Å². The van der Waals surface area contributed by atoms with Gasteiger partial charge >= 0.3 is 6.09 Å². The Balaban J connectivity index is 1.81. The molecule has 1 N–H and O–H groups in total. The molecule has 0 aliphatic carbocycles. The normalized spacial score (nSPS) is 11.8. The Morgan fingerprint density at radius 3 is 1.98 bits per heavy atom. The van der Waals surface area contributed by atoms with Crippen LogP contribution in [0.5, 0.6) is 0 Å². The van der Waals surface area contributed by atoms with Gasteiger partial charge in [-0.1, -0.05) is 81.8 Å². The number of thioether (sulfide) groups is 1. The van der Waals surface area contributed by atoms with Crippen molar-refractivity contribution in [2.75, 3.05) is 58.6 Å². The molecule has 0 bridgehead atoms. The molecule has 11 nitrogen and oxygen atoms in total. The van der Waals surface area contributed by atoms with Crippen molar-refractivity contribution < 1.29 is 38.3 Å². The highest BCUT2D eigenvalue weighted by Crippen LogP contribution is 2.26. The van der Waals surface area contributed by atoms with Crippen molar-refractivity contribution in [3.05, 3.63) is 39.9 Å². The van der Waals surface area contributed by atoms with E-state index >= 15 is 0 Å². The lowest BCUT2D eigenvalue weighted by atomic mass is 10.0. The standard InChI is InChI=1S/C29H48N2O9S/c1-25(27-14-10-11-15-28(27)31(34)35)24-39-29(33)30-40-22-21-38-20-19-37-18-17-36-16-12-8-6-4-3-5-7-9-13-23-41-26(2)32/h10-11,14-15,25H,3-9,12-13,16-24H2,1-2H3,(H,30,33). The van der Waals surface area contributed by atoms with Crippen molar-refractivity contribution in [2.45, 2.75) is 77.6 Å². The summed E-state index contributed by atoms with van der Waals surface area (Å²) in [5.74, 6) is 0.613. The first-order valence-electron chi connectivity index (χ1n) is 14.6. The van der Waals surface area contributed by atoms with E-state index in [1.165, 1.54) is 62.8 Å². The van der Waals surface area contributed by atoms with Crippen LogP contribution in [0.3, 0.4) is 0 Å². The molecule has 1 unspecified atom stereocenters. The Morgan fingerprint density at radius 1 is 0.829 bits per heavy atom. The molecule has 1 aromatic carbocycles. The smallest absolute Gasteiger partial charge is 0.431 e. The van der Waals surface area contributed by atoms with E-state index in [4.69, 9.17) is 23.8 Å². The summed E-state index contributed by atoms with van der Waals surface area (Å²) in [6.45, 7) is 6.43. The summed E-state index contributed by atoms with van der Waals surface area (Å²) in [4.78, 5) is 38.3. The molecular formula is C29H48N2O9S. The van der Waals surface area contributed by atoms with Crippen LogP contribution in [0, 0.1) is 10.1 Å². The number of carbonyl (C=O) groups is 2. The van der Waals surface area contributed by atoms with Crippen LogP contribution in [-0.2, 0) is 28.6 Å². The third-order valence-electron chi connectivity index (χ3n) is 6.10. The number of amides is 1. The van der Waals surface area contributed by atoms with Crippen molar-refractivity contribution in [3.63, 3.8) is 0 Å². The van der Waals surface area contributed by atoms with Crippen LogP contribution in [0.25, 0.3) is 0 Å². The van der Waals surface area contributed by atoms with Gasteiger partial charge in [-0.05, 0) is 12.8 Å². The van der Waals surface area contributed by atoms with E-state index in [0.717, 1.165) is 25.2 Å². The minimum absolute atomic E-state index is 0.00731. The first kappa shape index (κ1) is 36.8. The van der Waals surface area contributed by atoms with E-state index in [-0.39, 0.29) is 36.5 Å². The average molecular weight is 601 g/mol. The first-order valence-corrected chi connectivity index (χ1v) is 15.5.